The van der Waals surface area contributed by atoms with E-state index in [0.717, 1.165) is 28.4 Å². The van der Waals surface area contributed by atoms with Gasteiger partial charge in [0.25, 0.3) is 0 Å². The van der Waals surface area contributed by atoms with E-state index < -0.39 is 0 Å². The number of furan rings is 1. The number of amides is 1. The molecule has 0 aliphatic carbocycles. The van der Waals surface area contributed by atoms with E-state index in [0.29, 0.717) is 13.2 Å². The highest BCUT2D eigenvalue weighted by molar-refractivity contribution is 5.78. The maximum Gasteiger partial charge on any atom is 0.234 e. The van der Waals surface area contributed by atoms with Gasteiger partial charge in [-0.05, 0) is 41.3 Å². The van der Waals surface area contributed by atoms with Crippen LogP contribution in [0.1, 0.15) is 42.8 Å². The fraction of sp³-hybridized carbons (Fsp3) is 0.320. The number of ether oxygens (including phenoxy) is 2. The topological polar surface area (TPSA) is 72.7 Å². The van der Waals surface area contributed by atoms with Crippen molar-refractivity contribution in [2.45, 2.75) is 25.9 Å². The van der Waals surface area contributed by atoms with Crippen LogP contribution in [0.5, 0.6) is 11.5 Å². The second kappa shape index (κ2) is 9.71. The molecule has 6 nitrogen and oxygen atoms in total. The molecule has 2 aromatic carbocycles. The van der Waals surface area contributed by atoms with Crippen molar-refractivity contribution < 1.29 is 18.7 Å². The van der Waals surface area contributed by atoms with Crippen molar-refractivity contribution in [1.82, 2.24) is 10.6 Å². The molecule has 4 rings (SSSR count). The second-order valence-electron chi connectivity index (χ2n) is 7.93. The van der Waals surface area contributed by atoms with E-state index in [-0.39, 0.29) is 30.5 Å². The molecule has 0 bridgehead atoms. The Morgan fingerprint density at radius 3 is 2.42 bits per heavy atom. The molecule has 6 heteroatoms. The van der Waals surface area contributed by atoms with Crippen LogP contribution in [0.4, 0.5) is 0 Å². The molecule has 1 aromatic heterocycles. The van der Waals surface area contributed by atoms with Crippen LogP contribution in [0.15, 0.2) is 71.3 Å². The SMILES string of the molecule is CC(C)[C@H](NC(=O)CN[C@H](c1ccccc1)c1ccco1)c1ccc2c(c1)OCCO2. The summed E-state index contributed by atoms with van der Waals surface area (Å²) < 4.78 is 16.9. The number of carbonyl (C=O) groups is 1. The molecule has 2 atom stereocenters. The molecule has 0 saturated heterocycles. The van der Waals surface area contributed by atoms with Crippen molar-refractivity contribution >= 4 is 5.91 Å². The summed E-state index contributed by atoms with van der Waals surface area (Å²) in [6, 6.07) is 19.2. The van der Waals surface area contributed by atoms with Gasteiger partial charge in [-0.15, -0.1) is 0 Å². The Bertz CT molecular complexity index is 986. The van der Waals surface area contributed by atoms with Crippen LogP contribution >= 0.6 is 0 Å². The molecule has 2 N–H and O–H groups in total. The minimum atomic E-state index is -0.200. The zero-order valence-corrected chi connectivity index (χ0v) is 17.8. The predicted octanol–water partition coefficient (Wildman–Crippen LogP) is 4.24. The molecule has 0 fully saturated rings. The summed E-state index contributed by atoms with van der Waals surface area (Å²) in [4.78, 5) is 12.9. The Morgan fingerprint density at radius 2 is 1.71 bits per heavy atom. The summed E-state index contributed by atoms with van der Waals surface area (Å²) in [6.45, 7) is 5.43. The maximum atomic E-state index is 12.9. The normalized spacial score (nSPS) is 14.8. The zero-order valence-electron chi connectivity index (χ0n) is 17.8. The Morgan fingerprint density at radius 1 is 0.935 bits per heavy atom. The summed E-state index contributed by atoms with van der Waals surface area (Å²) in [5.74, 6) is 2.37. The molecule has 0 spiro atoms. The third-order valence-corrected chi connectivity index (χ3v) is 5.34. The van der Waals surface area contributed by atoms with Gasteiger partial charge >= 0.3 is 0 Å². The van der Waals surface area contributed by atoms with Crippen LogP contribution < -0.4 is 20.1 Å². The predicted molar refractivity (Wildman–Crippen MR) is 118 cm³/mol. The molecule has 1 amide bonds. The molecular weight excluding hydrogens is 392 g/mol. The summed E-state index contributed by atoms with van der Waals surface area (Å²) in [5, 5.41) is 6.50. The first-order valence-electron chi connectivity index (χ1n) is 10.6. The van der Waals surface area contributed by atoms with E-state index in [1.54, 1.807) is 6.26 Å². The average molecular weight is 421 g/mol. The van der Waals surface area contributed by atoms with E-state index in [4.69, 9.17) is 13.9 Å². The van der Waals surface area contributed by atoms with Gasteiger partial charge in [-0.3, -0.25) is 10.1 Å². The highest BCUT2D eigenvalue weighted by atomic mass is 16.6. The van der Waals surface area contributed by atoms with Gasteiger partial charge in [0.15, 0.2) is 11.5 Å². The first-order valence-corrected chi connectivity index (χ1v) is 10.6. The quantitative estimate of drug-likeness (QED) is 0.570. The van der Waals surface area contributed by atoms with Gasteiger partial charge < -0.3 is 19.2 Å². The lowest BCUT2D eigenvalue weighted by Crippen LogP contribution is -2.39. The van der Waals surface area contributed by atoms with E-state index in [1.807, 2.05) is 60.7 Å². The van der Waals surface area contributed by atoms with Crippen molar-refractivity contribution in [2.75, 3.05) is 19.8 Å². The fourth-order valence-electron chi connectivity index (χ4n) is 3.79. The minimum absolute atomic E-state index is 0.0823. The van der Waals surface area contributed by atoms with Crippen molar-refractivity contribution in [3.05, 3.63) is 83.8 Å². The summed E-state index contributed by atoms with van der Waals surface area (Å²) in [6.07, 6.45) is 1.64. The van der Waals surface area contributed by atoms with Crippen LogP contribution in [-0.2, 0) is 4.79 Å². The summed E-state index contributed by atoms with van der Waals surface area (Å²) in [7, 11) is 0. The van der Waals surface area contributed by atoms with Crippen LogP contribution in [0, 0.1) is 5.92 Å². The van der Waals surface area contributed by atoms with E-state index >= 15 is 0 Å². The number of fused-ring (bicyclic) bond motifs is 1. The zero-order chi connectivity index (χ0) is 21.6. The second-order valence-corrected chi connectivity index (χ2v) is 7.93. The largest absolute Gasteiger partial charge is 0.486 e. The van der Waals surface area contributed by atoms with Gasteiger partial charge in [0.05, 0.1) is 24.9 Å². The van der Waals surface area contributed by atoms with Crippen molar-refractivity contribution in [3.8, 4) is 11.5 Å². The van der Waals surface area contributed by atoms with Crippen molar-refractivity contribution in [1.29, 1.82) is 0 Å². The lowest BCUT2D eigenvalue weighted by atomic mass is 9.95. The lowest BCUT2D eigenvalue weighted by molar-refractivity contribution is -0.121. The molecule has 2 heterocycles. The van der Waals surface area contributed by atoms with Gasteiger partial charge in [-0.2, -0.15) is 0 Å². The molecule has 0 saturated carbocycles. The Labute approximate surface area is 182 Å². The van der Waals surface area contributed by atoms with Gasteiger partial charge in [0, 0.05) is 0 Å². The van der Waals surface area contributed by atoms with E-state index in [2.05, 4.69) is 24.5 Å². The minimum Gasteiger partial charge on any atom is -0.486 e. The molecule has 0 radical (unpaired) electrons. The smallest absolute Gasteiger partial charge is 0.234 e. The molecule has 0 unspecified atom stereocenters. The third-order valence-electron chi connectivity index (χ3n) is 5.34. The first-order chi connectivity index (χ1) is 15.1. The lowest BCUT2D eigenvalue weighted by Gasteiger charge is -2.26. The standard InChI is InChI=1S/C25H28N2O4/c1-17(2)24(19-10-11-20-22(15-19)31-14-13-30-20)27-23(28)16-26-25(21-9-6-12-29-21)18-7-4-3-5-8-18/h3-12,15,17,24-26H,13-14,16H2,1-2H3,(H,27,28)/t24-,25+/m0/s1. The Balaban J connectivity index is 1.44. The van der Waals surface area contributed by atoms with Crippen molar-refractivity contribution in [2.24, 2.45) is 5.92 Å². The van der Waals surface area contributed by atoms with Crippen LogP contribution in [0.3, 0.4) is 0 Å². The van der Waals surface area contributed by atoms with Gasteiger partial charge in [0.1, 0.15) is 19.0 Å². The molecule has 3 aromatic rings. The van der Waals surface area contributed by atoms with Crippen molar-refractivity contribution in [3.63, 3.8) is 0 Å². The van der Waals surface area contributed by atoms with Gasteiger partial charge in [-0.1, -0.05) is 50.2 Å². The number of carbonyl (C=O) groups excluding carboxylic acids is 1. The average Bonchev–Trinajstić information content (AvgIpc) is 3.32. The van der Waals surface area contributed by atoms with Crippen LogP contribution in [0.2, 0.25) is 0 Å². The molecule has 1 aliphatic heterocycles. The van der Waals surface area contributed by atoms with E-state index in [1.165, 1.54) is 0 Å². The highest BCUT2D eigenvalue weighted by Crippen LogP contribution is 2.34. The fourth-order valence-corrected chi connectivity index (χ4v) is 3.79. The van der Waals surface area contributed by atoms with Crippen LogP contribution in [-0.4, -0.2) is 25.7 Å². The summed E-state index contributed by atoms with van der Waals surface area (Å²) in [5.41, 5.74) is 2.04. The number of hydrogen-bond acceptors (Lipinski definition) is 5. The van der Waals surface area contributed by atoms with Crippen LogP contribution in [0.25, 0.3) is 0 Å². The Hall–Kier alpha value is -3.25. The van der Waals surface area contributed by atoms with E-state index in [9.17, 15) is 4.79 Å². The van der Waals surface area contributed by atoms with Gasteiger partial charge in [-0.25, -0.2) is 0 Å². The third kappa shape index (κ3) is 5.09. The highest BCUT2D eigenvalue weighted by Gasteiger charge is 2.23. The summed E-state index contributed by atoms with van der Waals surface area (Å²) >= 11 is 0. The van der Waals surface area contributed by atoms with Gasteiger partial charge in [0.2, 0.25) is 5.91 Å². The molecule has 31 heavy (non-hydrogen) atoms. The molecule has 1 aliphatic rings. The number of hydrogen-bond donors (Lipinski definition) is 2. The maximum absolute atomic E-state index is 12.9. The number of nitrogens with one attached hydrogen (secondary N) is 2. The molecular formula is C25H28N2O4. The number of benzene rings is 2. The first kappa shape index (κ1) is 21.0. The monoisotopic (exact) mass is 420 g/mol. The molecule has 162 valence electrons. The Kier molecular flexibility index (Phi) is 6.57. The number of rotatable bonds is 8.